The standard InChI is InChI=1S/C22H27FN4O2.HI/c1-4-24-22(27-14-16-6-5-7-20(28-2)21(16)29-3)25-11-10-15-13-26-19-12-17(23)8-9-18(15)19;/h5-9,12-13,26H,4,10-11,14H2,1-3H3,(H2,24,25,27);1H. The fourth-order valence-electron chi connectivity index (χ4n) is 3.27. The molecule has 3 N–H and O–H groups in total. The molecule has 0 aliphatic heterocycles. The van der Waals surface area contributed by atoms with Gasteiger partial charge in [-0.25, -0.2) is 9.38 Å². The lowest BCUT2D eigenvalue weighted by atomic mass is 10.1. The highest BCUT2D eigenvalue weighted by Crippen LogP contribution is 2.31. The van der Waals surface area contributed by atoms with E-state index in [9.17, 15) is 4.39 Å². The Kier molecular flexibility index (Phi) is 9.22. The highest BCUT2D eigenvalue weighted by molar-refractivity contribution is 14.0. The largest absolute Gasteiger partial charge is 0.493 e. The number of para-hydroxylation sites is 1. The van der Waals surface area contributed by atoms with Crippen LogP contribution < -0.4 is 20.1 Å². The molecule has 0 bridgehead atoms. The van der Waals surface area contributed by atoms with Crippen LogP contribution in [0.25, 0.3) is 10.9 Å². The van der Waals surface area contributed by atoms with E-state index in [-0.39, 0.29) is 29.8 Å². The number of nitrogens with one attached hydrogen (secondary N) is 3. The van der Waals surface area contributed by atoms with E-state index in [2.05, 4.69) is 20.6 Å². The van der Waals surface area contributed by atoms with Crippen molar-refractivity contribution in [2.45, 2.75) is 19.9 Å². The van der Waals surface area contributed by atoms with E-state index < -0.39 is 0 Å². The highest BCUT2D eigenvalue weighted by atomic mass is 127. The summed E-state index contributed by atoms with van der Waals surface area (Å²) in [4.78, 5) is 7.78. The average molecular weight is 526 g/mol. The Labute approximate surface area is 193 Å². The van der Waals surface area contributed by atoms with Crippen LogP contribution in [-0.2, 0) is 13.0 Å². The number of rotatable bonds is 8. The first-order valence-corrected chi connectivity index (χ1v) is 9.63. The summed E-state index contributed by atoms with van der Waals surface area (Å²) in [6.07, 6.45) is 2.72. The molecule has 0 aliphatic carbocycles. The zero-order chi connectivity index (χ0) is 20.6. The van der Waals surface area contributed by atoms with Gasteiger partial charge in [0, 0.05) is 35.8 Å². The first-order valence-electron chi connectivity index (χ1n) is 9.63. The zero-order valence-electron chi connectivity index (χ0n) is 17.4. The predicted octanol–water partition coefficient (Wildman–Crippen LogP) is 4.24. The van der Waals surface area contributed by atoms with Gasteiger partial charge in [0.15, 0.2) is 17.5 Å². The fourth-order valence-corrected chi connectivity index (χ4v) is 3.27. The van der Waals surface area contributed by atoms with E-state index in [1.807, 2.05) is 37.4 Å². The molecule has 3 rings (SSSR count). The minimum atomic E-state index is -0.237. The third-order valence-corrected chi connectivity index (χ3v) is 4.65. The van der Waals surface area contributed by atoms with Crippen LogP contribution in [0.2, 0.25) is 0 Å². The lowest BCUT2D eigenvalue weighted by Crippen LogP contribution is -2.38. The van der Waals surface area contributed by atoms with E-state index in [1.54, 1.807) is 14.2 Å². The first-order chi connectivity index (χ1) is 14.2. The Balaban J connectivity index is 0.00000320. The maximum absolute atomic E-state index is 13.3. The number of hydrogen-bond donors (Lipinski definition) is 3. The van der Waals surface area contributed by atoms with Crippen molar-refractivity contribution in [2.75, 3.05) is 27.3 Å². The minimum Gasteiger partial charge on any atom is -0.493 e. The maximum atomic E-state index is 13.3. The van der Waals surface area contributed by atoms with Crippen LogP contribution in [0.15, 0.2) is 47.6 Å². The van der Waals surface area contributed by atoms with Gasteiger partial charge >= 0.3 is 0 Å². The molecule has 0 amide bonds. The number of H-pyrrole nitrogens is 1. The zero-order valence-corrected chi connectivity index (χ0v) is 19.8. The lowest BCUT2D eigenvalue weighted by molar-refractivity contribution is 0.352. The number of aromatic nitrogens is 1. The molecule has 0 aliphatic rings. The molecule has 8 heteroatoms. The lowest BCUT2D eigenvalue weighted by Gasteiger charge is -2.13. The van der Waals surface area contributed by atoms with Gasteiger partial charge in [-0.2, -0.15) is 0 Å². The number of guanidine groups is 1. The Morgan fingerprint density at radius 2 is 1.93 bits per heavy atom. The van der Waals surface area contributed by atoms with E-state index in [0.717, 1.165) is 41.0 Å². The van der Waals surface area contributed by atoms with E-state index in [0.29, 0.717) is 24.6 Å². The number of methoxy groups -OCH3 is 2. The average Bonchev–Trinajstić information content (AvgIpc) is 3.13. The van der Waals surface area contributed by atoms with Crippen molar-refractivity contribution < 1.29 is 13.9 Å². The number of ether oxygens (including phenoxy) is 2. The second-order valence-electron chi connectivity index (χ2n) is 6.53. The number of aliphatic imine (C=N–C) groups is 1. The van der Waals surface area contributed by atoms with Crippen molar-refractivity contribution in [1.82, 2.24) is 15.6 Å². The molecular formula is C22H28FIN4O2. The second-order valence-corrected chi connectivity index (χ2v) is 6.53. The van der Waals surface area contributed by atoms with Gasteiger partial charge in [0.25, 0.3) is 0 Å². The normalized spacial score (nSPS) is 11.1. The Morgan fingerprint density at radius 1 is 1.10 bits per heavy atom. The number of aromatic amines is 1. The Bertz CT molecular complexity index is 990. The molecule has 1 aromatic heterocycles. The van der Waals surface area contributed by atoms with Gasteiger partial charge in [-0.05, 0) is 43.2 Å². The quantitative estimate of drug-likeness (QED) is 0.233. The molecule has 0 fully saturated rings. The number of nitrogens with zero attached hydrogens (tertiary/aromatic N) is 1. The molecule has 0 atom stereocenters. The van der Waals surface area contributed by atoms with Crippen molar-refractivity contribution in [3.05, 3.63) is 59.5 Å². The summed E-state index contributed by atoms with van der Waals surface area (Å²) in [5, 5.41) is 7.64. The topological polar surface area (TPSA) is 70.7 Å². The third-order valence-electron chi connectivity index (χ3n) is 4.65. The van der Waals surface area contributed by atoms with Crippen molar-refractivity contribution >= 4 is 40.8 Å². The van der Waals surface area contributed by atoms with Gasteiger partial charge in [0.1, 0.15) is 5.82 Å². The minimum absolute atomic E-state index is 0. The van der Waals surface area contributed by atoms with Crippen LogP contribution >= 0.6 is 24.0 Å². The van der Waals surface area contributed by atoms with E-state index in [1.165, 1.54) is 12.1 Å². The van der Waals surface area contributed by atoms with Gasteiger partial charge in [0.2, 0.25) is 0 Å². The monoisotopic (exact) mass is 526 g/mol. The van der Waals surface area contributed by atoms with E-state index >= 15 is 0 Å². The smallest absolute Gasteiger partial charge is 0.191 e. The molecular weight excluding hydrogens is 498 g/mol. The van der Waals surface area contributed by atoms with Crippen LogP contribution in [0.4, 0.5) is 4.39 Å². The molecule has 0 saturated heterocycles. The molecule has 2 aromatic carbocycles. The first kappa shape index (κ1) is 23.8. The summed E-state index contributed by atoms with van der Waals surface area (Å²) in [6.45, 7) is 3.94. The Hall–Kier alpha value is -2.49. The van der Waals surface area contributed by atoms with Crippen LogP contribution in [0.5, 0.6) is 11.5 Å². The number of halogens is 2. The summed E-state index contributed by atoms with van der Waals surface area (Å²) < 4.78 is 24.2. The molecule has 0 radical (unpaired) electrons. The highest BCUT2D eigenvalue weighted by Gasteiger charge is 2.09. The molecule has 30 heavy (non-hydrogen) atoms. The van der Waals surface area contributed by atoms with Crippen molar-refractivity contribution in [2.24, 2.45) is 4.99 Å². The van der Waals surface area contributed by atoms with Gasteiger partial charge in [-0.1, -0.05) is 12.1 Å². The summed E-state index contributed by atoms with van der Waals surface area (Å²) in [5.41, 5.74) is 2.89. The molecule has 6 nitrogen and oxygen atoms in total. The van der Waals surface area contributed by atoms with Gasteiger partial charge in [0.05, 0.1) is 20.8 Å². The van der Waals surface area contributed by atoms with Crippen LogP contribution in [0.3, 0.4) is 0 Å². The molecule has 0 saturated carbocycles. The molecule has 1 heterocycles. The predicted molar refractivity (Wildman–Crippen MR) is 130 cm³/mol. The summed E-state index contributed by atoms with van der Waals surface area (Å²) in [5.74, 6) is 1.87. The molecule has 0 unspecified atom stereocenters. The Morgan fingerprint density at radius 3 is 2.67 bits per heavy atom. The van der Waals surface area contributed by atoms with Crippen molar-refractivity contribution in [3.63, 3.8) is 0 Å². The summed E-state index contributed by atoms with van der Waals surface area (Å²) in [6, 6.07) is 10.6. The number of benzene rings is 2. The van der Waals surface area contributed by atoms with Crippen LogP contribution in [0, 0.1) is 5.82 Å². The SMILES string of the molecule is CCNC(=NCc1cccc(OC)c1OC)NCCc1c[nH]c2cc(F)ccc12.I. The summed E-state index contributed by atoms with van der Waals surface area (Å²) >= 11 is 0. The van der Waals surface area contributed by atoms with Crippen molar-refractivity contribution in [1.29, 1.82) is 0 Å². The fraction of sp³-hybridized carbons (Fsp3) is 0.318. The summed E-state index contributed by atoms with van der Waals surface area (Å²) in [7, 11) is 3.25. The second kappa shape index (κ2) is 11.6. The molecule has 3 aromatic rings. The third kappa shape index (κ3) is 5.78. The molecule has 162 valence electrons. The molecule has 0 spiro atoms. The van der Waals surface area contributed by atoms with Gasteiger partial charge in [-0.15, -0.1) is 24.0 Å². The van der Waals surface area contributed by atoms with Gasteiger partial charge in [-0.3, -0.25) is 0 Å². The van der Waals surface area contributed by atoms with Crippen LogP contribution in [-0.4, -0.2) is 38.3 Å². The van der Waals surface area contributed by atoms with E-state index in [4.69, 9.17) is 9.47 Å². The number of hydrogen-bond acceptors (Lipinski definition) is 3. The maximum Gasteiger partial charge on any atom is 0.191 e. The number of fused-ring (bicyclic) bond motifs is 1. The van der Waals surface area contributed by atoms with Gasteiger partial charge < -0.3 is 25.1 Å². The van der Waals surface area contributed by atoms with Crippen LogP contribution in [0.1, 0.15) is 18.1 Å². The van der Waals surface area contributed by atoms with Crippen molar-refractivity contribution in [3.8, 4) is 11.5 Å².